The number of alkyl halides is 2. The van der Waals surface area contributed by atoms with E-state index in [1.807, 2.05) is 13.8 Å². The second-order valence-electron chi connectivity index (χ2n) is 2.18. The number of aromatic nitrogens is 1. The summed E-state index contributed by atoms with van der Waals surface area (Å²) in [6.07, 6.45) is 1.07. The van der Waals surface area contributed by atoms with Crippen LogP contribution >= 0.6 is 0 Å². The van der Waals surface area contributed by atoms with Gasteiger partial charge in [-0.15, -0.1) is 0 Å². The lowest BCUT2D eigenvalue weighted by atomic mass is 10.3. The maximum atomic E-state index is 12.0. The van der Waals surface area contributed by atoms with E-state index in [9.17, 15) is 13.6 Å². The number of halogens is 2. The van der Waals surface area contributed by atoms with Gasteiger partial charge in [-0.25, -0.2) is 0 Å². The highest BCUT2D eigenvalue weighted by Gasteiger charge is 2.06. The van der Waals surface area contributed by atoms with Gasteiger partial charge < -0.3 is 0 Å². The molecule has 2 nitrogen and oxygen atoms in total. The van der Waals surface area contributed by atoms with E-state index in [-0.39, 0.29) is 0 Å². The molecular weight excluding hydrogens is 176 g/mol. The van der Waals surface area contributed by atoms with E-state index in [4.69, 9.17) is 0 Å². The molecule has 1 aromatic heterocycles. The van der Waals surface area contributed by atoms with Crippen molar-refractivity contribution in [3.8, 4) is 0 Å². The Hall–Kier alpha value is -1.19. The lowest BCUT2D eigenvalue weighted by Crippen LogP contribution is -2.21. The Labute approximate surface area is 75.8 Å². The first-order chi connectivity index (χ1) is 6.13. The molecule has 1 rings (SSSR count). The third-order valence-corrected chi connectivity index (χ3v) is 1.38. The van der Waals surface area contributed by atoms with Gasteiger partial charge in [0.2, 0.25) is 0 Å². The zero-order valence-corrected chi connectivity index (χ0v) is 7.92. The molecule has 0 aliphatic heterocycles. The minimum absolute atomic E-state index is 0.327. The molecule has 0 N–H and O–H groups in total. The largest absolute Gasteiger partial charge is 0.321 e. The molecule has 0 fully saturated rings. The zero-order valence-electron chi connectivity index (χ0n) is 7.92. The highest BCUT2D eigenvalue weighted by atomic mass is 19.3. The lowest BCUT2D eigenvalue weighted by Gasteiger charge is -2.02. The van der Waals surface area contributed by atoms with E-state index in [0.717, 1.165) is 6.20 Å². The van der Waals surface area contributed by atoms with Crippen molar-refractivity contribution in [1.29, 1.82) is 0 Å². The van der Waals surface area contributed by atoms with E-state index in [1.54, 1.807) is 0 Å². The van der Waals surface area contributed by atoms with Gasteiger partial charge in [0, 0.05) is 11.8 Å². The van der Waals surface area contributed by atoms with E-state index >= 15 is 0 Å². The highest BCUT2D eigenvalue weighted by Crippen LogP contribution is 2.05. The van der Waals surface area contributed by atoms with Gasteiger partial charge in [-0.3, -0.25) is 9.36 Å². The number of pyridine rings is 1. The van der Waals surface area contributed by atoms with Crippen LogP contribution in [0.15, 0.2) is 23.1 Å². The van der Waals surface area contributed by atoms with Crippen LogP contribution < -0.4 is 5.56 Å². The standard InChI is InChI=1S/C7H7F2NO.C2H6/c1-5-3-2-4-10(6(5)11)7(8)9;1-2/h2-4,7H,1H3;1-2H3. The fourth-order valence-electron chi connectivity index (χ4n) is 0.776. The Bertz CT molecular complexity index is 307. The minimum Gasteiger partial charge on any atom is -0.269 e. The normalized spacial score (nSPS) is 9.38. The second-order valence-corrected chi connectivity index (χ2v) is 2.18. The summed E-state index contributed by atoms with van der Waals surface area (Å²) in [5.74, 6) is 0. The minimum atomic E-state index is -2.75. The van der Waals surface area contributed by atoms with Crippen LogP contribution in [0.25, 0.3) is 0 Å². The van der Waals surface area contributed by atoms with Crippen LogP contribution in [0.1, 0.15) is 26.0 Å². The maximum Gasteiger partial charge on any atom is 0.321 e. The first kappa shape index (κ1) is 11.8. The molecule has 0 bridgehead atoms. The molecule has 0 atom stereocenters. The summed E-state index contributed by atoms with van der Waals surface area (Å²) in [5, 5.41) is 0. The van der Waals surface area contributed by atoms with Gasteiger partial charge in [-0.1, -0.05) is 19.9 Å². The number of aryl methyl sites for hydroxylation is 1. The van der Waals surface area contributed by atoms with Crippen LogP contribution in [0.5, 0.6) is 0 Å². The van der Waals surface area contributed by atoms with Crippen molar-refractivity contribution in [2.24, 2.45) is 0 Å². The average molecular weight is 189 g/mol. The first-order valence-electron chi connectivity index (χ1n) is 4.09. The molecule has 0 aromatic carbocycles. The van der Waals surface area contributed by atoms with Crippen LogP contribution in [-0.2, 0) is 0 Å². The third-order valence-electron chi connectivity index (χ3n) is 1.38. The fourth-order valence-corrected chi connectivity index (χ4v) is 0.776. The Morgan fingerprint density at radius 2 is 1.92 bits per heavy atom. The Morgan fingerprint density at radius 3 is 2.31 bits per heavy atom. The Morgan fingerprint density at radius 1 is 1.38 bits per heavy atom. The van der Waals surface area contributed by atoms with Gasteiger partial charge in [-0.2, -0.15) is 8.78 Å². The van der Waals surface area contributed by atoms with Gasteiger partial charge in [0.25, 0.3) is 5.56 Å². The van der Waals surface area contributed by atoms with Crippen molar-refractivity contribution in [1.82, 2.24) is 4.57 Å². The summed E-state index contributed by atoms with van der Waals surface area (Å²) in [7, 11) is 0. The molecule has 0 radical (unpaired) electrons. The van der Waals surface area contributed by atoms with Crippen LogP contribution in [0.2, 0.25) is 0 Å². The van der Waals surface area contributed by atoms with Crippen LogP contribution in [0, 0.1) is 6.92 Å². The van der Waals surface area contributed by atoms with Gasteiger partial charge in [0.15, 0.2) is 0 Å². The van der Waals surface area contributed by atoms with Crippen molar-refractivity contribution in [3.63, 3.8) is 0 Å². The molecule has 0 amide bonds. The van der Waals surface area contributed by atoms with Gasteiger partial charge in [-0.05, 0) is 13.0 Å². The molecule has 0 aliphatic carbocycles. The first-order valence-corrected chi connectivity index (χ1v) is 4.09. The molecule has 4 heteroatoms. The molecule has 0 saturated carbocycles. The monoisotopic (exact) mass is 189 g/mol. The molecule has 0 unspecified atom stereocenters. The van der Waals surface area contributed by atoms with Crippen molar-refractivity contribution < 1.29 is 8.78 Å². The number of hydrogen-bond donors (Lipinski definition) is 0. The predicted octanol–water partition coefficient (Wildman–Crippen LogP) is 2.58. The number of nitrogens with zero attached hydrogens (tertiary/aromatic N) is 1. The smallest absolute Gasteiger partial charge is 0.269 e. The molecular formula is C9H13F2NO. The number of rotatable bonds is 1. The summed E-state index contributed by atoms with van der Waals surface area (Å²) in [6.45, 7) is 2.75. The molecule has 13 heavy (non-hydrogen) atoms. The van der Waals surface area contributed by atoms with Gasteiger partial charge in [0.05, 0.1) is 0 Å². The van der Waals surface area contributed by atoms with E-state index in [1.165, 1.54) is 19.1 Å². The average Bonchev–Trinajstić information content (AvgIpc) is 2.13. The summed E-state index contributed by atoms with van der Waals surface area (Å²) >= 11 is 0. The molecule has 1 heterocycles. The number of hydrogen-bond acceptors (Lipinski definition) is 1. The summed E-state index contributed by atoms with van der Waals surface area (Å²) < 4.78 is 24.3. The van der Waals surface area contributed by atoms with Crippen molar-refractivity contribution in [2.75, 3.05) is 0 Å². The third kappa shape index (κ3) is 2.97. The SMILES string of the molecule is CC.Cc1cccn(C(F)F)c1=O. The zero-order chi connectivity index (χ0) is 10.4. The topological polar surface area (TPSA) is 22.0 Å². The Balaban J connectivity index is 0.000000671. The van der Waals surface area contributed by atoms with Crippen LogP contribution in [0.3, 0.4) is 0 Å². The molecule has 0 saturated heterocycles. The fraction of sp³-hybridized carbons (Fsp3) is 0.444. The Kier molecular flexibility index (Phi) is 4.96. The van der Waals surface area contributed by atoms with Crippen LogP contribution in [0.4, 0.5) is 8.78 Å². The molecule has 0 aliphatic rings. The summed E-state index contributed by atoms with van der Waals surface area (Å²) in [6, 6.07) is 2.92. The van der Waals surface area contributed by atoms with Crippen molar-refractivity contribution >= 4 is 0 Å². The summed E-state index contributed by atoms with van der Waals surface area (Å²) in [5.41, 5.74) is -0.310. The van der Waals surface area contributed by atoms with Crippen molar-refractivity contribution in [2.45, 2.75) is 27.3 Å². The predicted molar refractivity (Wildman–Crippen MR) is 48.0 cm³/mol. The molecule has 0 spiro atoms. The van der Waals surface area contributed by atoms with E-state index in [0.29, 0.717) is 10.1 Å². The molecule has 1 aromatic rings. The lowest BCUT2D eigenvalue weighted by molar-refractivity contribution is 0.0661. The molecule has 74 valence electrons. The van der Waals surface area contributed by atoms with Crippen molar-refractivity contribution in [3.05, 3.63) is 34.2 Å². The maximum absolute atomic E-state index is 12.0. The van der Waals surface area contributed by atoms with E-state index < -0.39 is 12.1 Å². The van der Waals surface area contributed by atoms with Gasteiger partial charge in [0.1, 0.15) is 0 Å². The van der Waals surface area contributed by atoms with Crippen LogP contribution in [-0.4, -0.2) is 4.57 Å². The second kappa shape index (κ2) is 5.45. The highest BCUT2D eigenvalue weighted by molar-refractivity contribution is 5.07. The quantitative estimate of drug-likeness (QED) is 0.665. The van der Waals surface area contributed by atoms with Gasteiger partial charge >= 0.3 is 6.55 Å². The van der Waals surface area contributed by atoms with E-state index in [2.05, 4.69) is 0 Å². The summed E-state index contributed by atoms with van der Waals surface area (Å²) in [4.78, 5) is 10.9.